The first-order chi connectivity index (χ1) is 12.5. The van der Waals surface area contributed by atoms with E-state index >= 15 is 0 Å². The normalized spacial score (nSPS) is 11.7. The maximum atomic E-state index is 12.4. The van der Waals surface area contributed by atoms with E-state index in [0.29, 0.717) is 30.2 Å². The van der Waals surface area contributed by atoms with Gasteiger partial charge in [-0.15, -0.1) is 0 Å². The van der Waals surface area contributed by atoms with Crippen molar-refractivity contribution in [2.45, 2.75) is 45.9 Å². The molecule has 5 heteroatoms. The third-order valence-corrected chi connectivity index (χ3v) is 3.74. The van der Waals surface area contributed by atoms with Crippen molar-refractivity contribution in [2.24, 2.45) is 0 Å². The number of carbonyl (C=O) groups is 1. The Kier molecular flexibility index (Phi) is 7.33. The summed E-state index contributed by atoms with van der Waals surface area (Å²) in [5, 5.41) is 2.92. The van der Waals surface area contributed by atoms with Gasteiger partial charge in [-0.05, 0) is 50.1 Å². The predicted octanol–water partition coefficient (Wildman–Crippen LogP) is 3.96. The van der Waals surface area contributed by atoms with E-state index in [1.807, 2.05) is 69.3 Å². The molecule has 26 heavy (non-hydrogen) atoms. The summed E-state index contributed by atoms with van der Waals surface area (Å²) in [6, 6.07) is 15.0. The van der Waals surface area contributed by atoms with E-state index in [4.69, 9.17) is 14.2 Å². The van der Waals surface area contributed by atoms with Crippen LogP contribution in [0.25, 0.3) is 0 Å². The lowest BCUT2D eigenvalue weighted by Gasteiger charge is -2.18. The van der Waals surface area contributed by atoms with Crippen LogP contribution in [0.1, 0.15) is 32.8 Å². The minimum absolute atomic E-state index is 0.0647. The summed E-state index contributed by atoms with van der Waals surface area (Å²) in [6.45, 7) is 6.25. The zero-order valence-corrected chi connectivity index (χ0v) is 15.8. The molecule has 0 aromatic heterocycles. The van der Waals surface area contributed by atoms with Gasteiger partial charge in [-0.2, -0.15) is 0 Å². The van der Waals surface area contributed by atoms with E-state index in [2.05, 4.69) is 5.32 Å². The van der Waals surface area contributed by atoms with Crippen molar-refractivity contribution in [3.63, 3.8) is 0 Å². The number of carbonyl (C=O) groups excluding carboxylic acids is 1. The number of hydrogen-bond acceptors (Lipinski definition) is 4. The van der Waals surface area contributed by atoms with Crippen LogP contribution >= 0.6 is 0 Å². The van der Waals surface area contributed by atoms with Gasteiger partial charge in [0.1, 0.15) is 5.75 Å². The van der Waals surface area contributed by atoms with E-state index in [0.717, 1.165) is 5.56 Å². The Morgan fingerprint density at radius 2 is 1.77 bits per heavy atom. The average molecular weight is 357 g/mol. The van der Waals surface area contributed by atoms with Crippen LogP contribution in [0.5, 0.6) is 17.2 Å². The third-order valence-electron chi connectivity index (χ3n) is 3.74. The molecule has 0 heterocycles. The van der Waals surface area contributed by atoms with Crippen LogP contribution in [-0.4, -0.2) is 25.2 Å². The molecule has 0 aliphatic rings. The van der Waals surface area contributed by atoms with E-state index in [1.54, 1.807) is 7.11 Å². The van der Waals surface area contributed by atoms with Gasteiger partial charge in [0.05, 0.1) is 13.2 Å². The van der Waals surface area contributed by atoms with Crippen LogP contribution in [0, 0.1) is 0 Å². The Bertz CT molecular complexity index is 700. The second-order valence-corrected chi connectivity index (χ2v) is 6.20. The monoisotopic (exact) mass is 357 g/mol. The van der Waals surface area contributed by atoms with Crippen LogP contribution in [0.4, 0.5) is 0 Å². The molecule has 0 unspecified atom stereocenters. The second-order valence-electron chi connectivity index (χ2n) is 6.20. The smallest absolute Gasteiger partial charge is 0.261 e. The fraction of sp³-hybridized carbons (Fsp3) is 0.381. The predicted molar refractivity (Wildman–Crippen MR) is 102 cm³/mol. The van der Waals surface area contributed by atoms with Crippen molar-refractivity contribution in [1.82, 2.24) is 5.32 Å². The number of hydrogen-bond donors (Lipinski definition) is 1. The molecule has 1 atom stereocenters. The van der Waals surface area contributed by atoms with Crippen LogP contribution < -0.4 is 19.5 Å². The standard InChI is InChI=1S/C21H27NO4/c1-5-18(26-17-9-7-6-8-10-17)21(23)22-14-16-11-12-19(25-15(2)3)20(13-16)24-4/h6-13,15,18H,5,14H2,1-4H3,(H,22,23)/t18-/m1/s1. The lowest BCUT2D eigenvalue weighted by molar-refractivity contribution is -0.128. The highest BCUT2D eigenvalue weighted by Gasteiger charge is 2.18. The van der Waals surface area contributed by atoms with E-state index in [1.165, 1.54) is 0 Å². The molecule has 140 valence electrons. The molecule has 0 radical (unpaired) electrons. The molecule has 0 aliphatic heterocycles. The van der Waals surface area contributed by atoms with Crippen molar-refractivity contribution in [3.8, 4) is 17.2 Å². The van der Waals surface area contributed by atoms with Gasteiger partial charge in [-0.25, -0.2) is 0 Å². The molecule has 1 amide bonds. The number of methoxy groups -OCH3 is 1. The van der Waals surface area contributed by atoms with Gasteiger partial charge in [0.25, 0.3) is 5.91 Å². The van der Waals surface area contributed by atoms with E-state index < -0.39 is 6.10 Å². The van der Waals surface area contributed by atoms with Gasteiger partial charge in [0.15, 0.2) is 17.6 Å². The minimum Gasteiger partial charge on any atom is -0.493 e. The van der Waals surface area contributed by atoms with E-state index in [-0.39, 0.29) is 12.0 Å². The Balaban J connectivity index is 1.97. The van der Waals surface area contributed by atoms with Crippen LogP contribution in [0.3, 0.4) is 0 Å². The minimum atomic E-state index is -0.525. The molecule has 0 aliphatic carbocycles. The van der Waals surface area contributed by atoms with Gasteiger partial charge in [0, 0.05) is 6.54 Å². The zero-order valence-electron chi connectivity index (χ0n) is 15.8. The number of benzene rings is 2. The van der Waals surface area contributed by atoms with Crippen LogP contribution in [0.15, 0.2) is 48.5 Å². The largest absolute Gasteiger partial charge is 0.493 e. The first-order valence-corrected chi connectivity index (χ1v) is 8.86. The topological polar surface area (TPSA) is 56.8 Å². The number of nitrogens with one attached hydrogen (secondary N) is 1. The molecule has 0 bridgehead atoms. The molecule has 0 saturated carbocycles. The van der Waals surface area contributed by atoms with Crippen molar-refractivity contribution in [1.29, 1.82) is 0 Å². The second kappa shape index (κ2) is 9.70. The van der Waals surface area contributed by atoms with Gasteiger partial charge < -0.3 is 19.5 Å². The highest BCUT2D eigenvalue weighted by atomic mass is 16.5. The number of ether oxygens (including phenoxy) is 3. The third kappa shape index (κ3) is 5.69. The average Bonchev–Trinajstić information content (AvgIpc) is 2.65. The molecule has 0 saturated heterocycles. The molecule has 2 aromatic rings. The Labute approximate surface area is 155 Å². The summed E-state index contributed by atoms with van der Waals surface area (Å²) in [4.78, 5) is 12.4. The van der Waals surface area contributed by atoms with Crippen molar-refractivity contribution >= 4 is 5.91 Å². The molecule has 0 spiro atoms. The molecule has 0 fully saturated rings. The molecule has 2 aromatic carbocycles. The highest BCUT2D eigenvalue weighted by Crippen LogP contribution is 2.29. The first kappa shape index (κ1) is 19.6. The summed E-state index contributed by atoms with van der Waals surface area (Å²) in [7, 11) is 1.60. The lowest BCUT2D eigenvalue weighted by Crippen LogP contribution is -2.37. The van der Waals surface area contributed by atoms with Crippen LogP contribution in [-0.2, 0) is 11.3 Å². The summed E-state index contributed by atoms with van der Waals surface area (Å²) in [5.74, 6) is 1.89. The summed E-state index contributed by atoms with van der Waals surface area (Å²) >= 11 is 0. The maximum Gasteiger partial charge on any atom is 0.261 e. The van der Waals surface area contributed by atoms with Crippen LogP contribution in [0.2, 0.25) is 0 Å². The molecule has 1 N–H and O–H groups in total. The molecule has 5 nitrogen and oxygen atoms in total. The lowest BCUT2D eigenvalue weighted by atomic mass is 10.2. The first-order valence-electron chi connectivity index (χ1n) is 8.86. The van der Waals surface area contributed by atoms with Crippen molar-refractivity contribution < 1.29 is 19.0 Å². The zero-order chi connectivity index (χ0) is 18.9. The highest BCUT2D eigenvalue weighted by molar-refractivity contribution is 5.81. The molecular weight excluding hydrogens is 330 g/mol. The quantitative estimate of drug-likeness (QED) is 0.738. The van der Waals surface area contributed by atoms with E-state index in [9.17, 15) is 4.79 Å². The van der Waals surface area contributed by atoms with Gasteiger partial charge in [-0.1, -0.05) is 31.2 Å². The number of para-hydroxylation sites is 1. The summed E-state index contributed by atoms with van der Waals surface area (Å²) in [5.41, 5.74) is 0.931. The summed E-state index contributed by atoms with van der Waals surface area (Å²) in [6.07, 6.45) is 0.128. The molecule has 2 rings (SSSR count). The fourth-order valence-corrected chi connectivity index (χ4v) is 2.46. The molecular formula is C21H27NO4. The van der Waals surface area contributed by atoms with Gasteiger partial charge in [-0.3, -0.25) is 4.79 Å². The fourth-order valence-electron chi connectivity index (χ4n) is 2.46. The Morgan fingerprint density at radius 3 is 2.38 bits per heavy atom. The van der Waals surface area contributed by atoms with Gasteiger partial charge >= 0.3 is 0 Å². The summed E-state index contributed by atoms with van der Waals surface area (Å²) < 4.78 is 16.9. The van der Waals surface area contributed by atoms with Crippen molar-refractivity contribution in [3.05, 3.63) is 54.1 Å². The van der Waals surface area contributed by atoms with Gasteiger partial charge in [0.2, 0.25) is 0 Å². The number of rotatable bonds is 9. The SMILES string of the molecule is CC[C@@H](Oc1ccccc1)C(=O)NCc1ccc(OC(C)C)c(OC)c1. The Morgan fingerprint density at radius 1 is 1.04 bits per heavy atom. The Hall–Kier alpha value is -2.69. The number of amides is 1. The maximum absolute atomic E-state index is 12.4. The van der Waals surface area contributed by atoms with Crippen molar-refractivity contribution in [2.75, 3.05) is 7.11 Å².